The highest BCUT2D eigenvalue weighted by atomic mass is 16.5. The third-order valence-corrected chi connectivity index (χ3v) is 3.04. The molecule has 0 fully saturated rings. The first kappa shape index (κ1) is 13.8. The SMILES string of the molecule is NCCCCCCN=C1Nc2ccccc2[NH+]([O-])N1. The maximum absolute atomic E-state index is 11.8. The first-order valence-electron chi connectivity index (χ1n) is 6.73. The van der Waals surface area contributed by atoms with Gasteiger partial charge in [-0.1, -0.05) is 25.0 Å². The molecule has 0 aliphatic carbocycles. The molecule has 1 aliphatic heterocycles. The summed E-state index contributed by atoms with van der Waals surface area (Å²) in [6, 6.07) is 7.42. The quantitative estimate of drug-likeness (QED) is 0.444. The summed E-state index contributed by atoms with van der Waals surface area (Å²) < 4.78 is 0. The van der Waals surface area contributed by atoms with Crippen molar-refractivity contribution < 1.29 is 5.17 Å². The number of nitrogens with zero attached hydrogens (tertiary/aromatic N) is 1. The second-order valence-corrected chi connectivity index (χ2v) is 4.56. The maximum atomic E-state index is 11.8. The van der Waals surface area contributed by atoms with Crippen molar-refractivity contribution in [1.82, 2.24) is 5.43 Å². The predicted octanol–water partition coefficient (Wildman–Crippen LogP) is 0.506. The minimum absolute atomic E-state index is 0.101. The average Bonchev–Trinajstić information content (AvgIpc) is 2.43. The fourth-order valence-electron chi connectivity index (χ4n) is 2.00. The van der Waals surface area contributed by atoms with Crippen molar-refractivity contribution in [1.29, 1.82) is 0 Å². The average molecular weight is 263 g/mol. The molecular weight excluding hydrogens is 242 g/mol. The van der Waals surface area contributed by atoms with E-state index in [1.165, 1.54) is 0 Å². The molecule has 0 saturated heterocycles. The number of rotatable bonds is 6. The van der Waals surface area contributed by atoms with Crippen molar-refractivity contribution in [2.75, 3.05) is 18.4 Å². The molecule has 0 spiro atoms. The molecule has 2 rings (SSSR count). The minimum Gasteiger partial charge on any atom is -0.603 e. The zero-order valence-electron chi connectivity index (χ0n) is 11.0. The van der Waals surface area contributed by atoms with Gasteiger partial charge in [-0.15, -0.1) is 0 Å². The lowest BCUT2D eigenvalue weighted by Crippen LogP contribution is -3.11. The smallest absolute Gasteiger partial charge is 0.243 e. The molecule has 19 heavy (non-hydrogen) atoms. The van der Waals surface area contributed by atoms with Crippen LogP contribution in [-0.4, -0.2) is 19.0 Å². The van der Waals surface area contributed by atoms with Gasteiger partial charge in [0.05, 0.1) is 0 Å². The second kappa shape index (κ2) is 7.08. The molecule has 0 bridgehead atoms. The van der Waals surface area contributed by atoms with Crippen molar-refractivity contribution in [3.05, 3.63) is 29.5 Å². The largest absolute Gasteiger partial charge is 0.603 e. The van der Waals surface area contributed by atoms with Crippen LogP contribution >= 0.6 is 0 Å². The number of nitrogens with one attached hydrogen (secondary N) is 3. The summed E-state index contributed by atoms with van der Waals surface area (Å²) in [5, 5.41) is 14.9. The Balaban J connectivity index is 1.83. The van der Waals surface area contributed by atoms with Gasteiger partial charge < -0.3 is 16.3 Å². The van der Waals surface area contributed by atoms with E-state index in [4.69, 9.17) is 5.73 Å². The molecule has 1 atom stereocenters. The van der Waals surface area contributed by atoms with E-state index in [-0.39, 0.29) is 5.17 Å². The first-order valence-corrected chi connectivity index (χ1v) is 6.73. The van der Waals surface area contributed by atoms with Crippen molar-refractivity contribution in [3.8, 4) is 0 Å². The van der Waals surface area contributed by atoms with E-state index in [9.17, 15) is 5.21 Å². The molecule has 5 N–H and O–H groups in total. The number of benzene rings is 1. The van der Waals surface area contributed by atoms with Crippen LogP contribution in [0.2, 0.25) is 0 Å². The third kappa shape index (κ3) is 3.92. The Bertz CT molecular complexity index is 435. The Morgan fingerprint density at radius 2 is 1.95 bits per heavy atom. The number of anilines is 1. The summed E-state index contributed by atoms with van der Waals surface area (Å²) in [6.07, 6.45) is 4.35. The number of guanidine groups is 1. The maximum Gasteiger partial charge on any atom is 0.243 e. The molecule has 104 valence electrons. The van der Waals surface area contributed by atoms with Crippen LogP contribution in [0.5, 0.6) is 0 Å². The van der Waals surface area contributed by atoms with Crippen LogP contribution in [0.4, 0.5) is 11.4 Å². The van der Waals surface area contributed by atoms with Crippen molar-refractivity contribution in [2.24, 2.45) is 10.7 Å². The molecule has 6 nitrogen and oxygen atoms in total. The van der Waals surface area contributed by atoms with Crippen LogP contribution < -0.4 is 21.6 Å². The number of para-hydroxylation sites is 2. The van der Waals surface area contributed by atoms with Gasteiger partial charge in [0.15, 0.2) is 5.69 Å². The fraction of sp³-hybridized carbons (Fsp3) is 0.462. The molecule has 1 aliphatic rings. The molecule has 0 saturated carbocycles. The molecule has 1 aromatic carbocycles. The Kier molecular flexibility index (Phi) is 5.14. The highest BCUT2D eigenvalue weighted by molar-refractivity contribution is 5.96. The molecule has 6 heteroatoms. The van der Waals surface area contributed by atoms with Crippen molar-refractivity contribution in [2.45, 2.75) is 25.7 Å². The van der Waals surface area contributed by atoms with Gasteiger partial charge in [-0.05, 0) is 25.5 Å². The standard InChI is InChI=1S/C13H21N5O/c14-9-5-1-2-6-10-15-13-16-11-7-3-4-8-12(11)18(19)17-13/h3-4,7-8,18H,1-2,5-6,9-10,14H2,(H2,15,16,17). The molecule has 0 radical (unpaired) electrons. The van der Waals surface area contributed by atoms with Crippen LogP contribution in [0.15, 0.2) is 29.3 Å². The second-order valence-electron chi connectivity index (χ2n) is 4.56. The number of hydrogen-bond acceptors (Lipinski definition) is 3. The van der Waals surface area contributed by atoms with Gasteiger partial charge >= 0.3 is 0 Å². The van der Waals surface area contributed by atoms with Crippen LogP contribution in [0.25, 0.3) is 0 Å². The Morgan fingerprint density at radius 3 is 2.79 bits per heavy atom. The lowest BCUT2D eigenvalue weighted by molar-refractivity contribution is -0.816. The molecule has 0 amide bonds. The number of hydrogen-bond donors (Lipinski definition) is 4. The molecule has 0 aromatic heterocycles. The number of unbranched alkanes of at least 4 members (excludes halogenated alkanes) is 3. The van der Waals surface area contributed by atoms with Gasteiger partial charge in [-0.2, -0.15) is 5.43 Å². The highest BCUT2D eigenvalue weighted by Crippen LogP contribution is 2.17. The predicted molar refractivity (Wildman–Crippen MR) is 77.0 cm³/mol. The normalized spacial score (nSPS) is 19.7. The Labute approximate surface area is 113 Å². The van der Waals surface area contributed by atoms with E-state index < -0.39 is 0 Å². The van der Waals surface area contributed by atoms with Gasteiger partial charge in [-0.3, -0.25) is 0 Å². The summed E-state index contributed by atoms with van der Waals surface area (Å²) >= 11 is 0. The van der Waals surface area contributed by atoms with Crippen molar-refractivity contribution in [3.63, 3.8) is 0 Å². The van der Waals surface area contributed by atoms with Crippen LogP contribution in [0, 0.1) is 5.21 Å². The van der Waals surface area contributed by atoms with Gasteiger partial charge in [0, 0.05) is 12.6 Å². The number of nitrogens with two attached hydrogens (primary N) is 1. The van der Waals surface area contributed by atoms with Gasteiger partial charge in [-0.25, -0.2) is 10.2 Å². The Hall–Kier alpha value is -1.63. The minimum atomic E-state index is -0.101. The summed E-state index contributed by atoms with van der Waals surface area (Å²) in [5.74, 6) is 0.544. The lowest BCUT2D eigenvalue weighted by atomic mass is 10.2. The van der Waals surface area contributed by atoms with Crippen LogP contribution in [0.1, 0.15) is 25.7 Å². The van der Waals surface area contributed by atoms with E-state index in [0.29, 0.717) is 11.6 Å². The molecular formula is C13H21N5O. The third-order valence-electron chi connectivity index (χ3n) is 3.04. The van der Waals surface area contributed by atoms with E-state index in [0.717, 1.165) is 44.5 Å². The first-order chi connectivity index (χ1) is 9.31. The highest BCUT2D eigenvalue weighted by Gasteiger charge is 2.18. The van der Waals surface area contributed by atoms with Crippen molar-refractivity contribution >= 4 is 17.3 Å². The molecule has 1 heterocycles. The van der Waals surface area contributed by atoms with Gasteiger partial charge in [0.25, 0.3) is 0 Å². The zero-order chi connectivity index (χ0) is 13.5. The van der Waals surface area contributed by atoms with Gasteiger partial charge in [0.2, 0.25) is 5.96 Å². The van der Waals surface area contributed by atoms with Gasteiger partial charge in [0.1, 0.15) is 5.69 Å². The van der Waals surface area contributed by atoms with Crippen LogP contribution in [-0.2, 0) is 0 Å². The van der Waals surface area contributed by atoms with E-state index >= 15 is 0 Å². The Morgan fingerprint density at radius 1 is 1.16 bits per heavy atom. The monoisotopic (exact) mass is 263 g/mol. The lowest BCUT2D eigenvalue weighted by Gasteiger charge is -2.30. The number of fused-ring (bicyclic) bond motifs is 1. The fourth-order valence-corrected chi connectivity index (χ4v) is 2.00. The topological polar surface area (TPSA) is 89.9 Å². The summed E-state index contributed by atoms with van der Waals surface area (Å²) in [5.41, 5.74) is 9.66. The van der Waals surface area contributed by atoms with E-state index in [1.54, 1.807) is 6.07 Å². The molecule has 1 aromatic rings. The number of quaternary nitrogens is 1. The summed E-state index contributed by atoms with van der Waals surface area (Å²) in [6.45, 7) is 1.47. The zero-order valence-corrected chi connectivity index (χ0v) is 11.0. The summed E-state index contributed by atoms with van der Waals surface area (Å²) in [7, 11) is 0. The van der Waals surface area contributed by atoms with E-state index in [1.807, 2.05) is 18.2 Å². The summed E-state index contributed by atoms with van der Waals surface area (Å²) in [4.78, 5) is 4.37. The molecule has 1 unspecified atom stereocenters. The number of aliphatic imine (C=N–C) groups is 1. The van der Waals surface area contributed by atoms with E-state index in [2.05, 4.69) is 15.7 Å². The van der Waals surface area contributed by atoms with Crippen LogP contribution in [0.3, 0.4) is 0 Å².